The Morgan fingerprint density at radius 1 is 1.11 bits per heavy atom. The minimum Gasteiger partial charge on any atom is -0.502 e. The van der Waals surface area contributed by atoms with Crippen LogP contribution in [-0.2, 0) is 0 Å². The first-order valence-corrected chi connectivity index (χ1v) is 9.22. The molecule has 142 valence electrons. The van der Waals surface area contributed by atoms with Gasteiger partial charge >= 0.3 is 0 Å². The van der Waals surface area contributed by atoms with Crippen molar-refractivity contribution >= 4 is 17.5 Å². The molecule has 1 aromatic heterocycles. The molecule has 28 heavy (non-hydrogen) atoms. The molecule has 2 atom stereocenters. The van der Waals surface area contributed by atoms with Crippen molar-refractivity contribution in [3.05, 3.63) is 92.9 Å². The van der Waals surface area contributed by atoms with Crippen molar-refractivity contribution in [2.75, 3.05) is 13.6 Å². The molecule has 0 radical (unpaired) electrons. The fraction of sp³-hybridized carbons (Fsp3) is 0.190. The van der Waals surface area contributed by atoms with Gasteiger partial charge in [-0.25, -0.2) is 0 Å². The molecule has 7 heteroatoms. The summed E-state index contributed by atoms with van der Waals surface area (Å²) in [6.07, 6.45) is 1.05. The van der Waals surface area contributed by atoms with Crippen LogP contribution in [0.4, 0.5) is 0 Å². The SMILES string of the molecule is CN1C[C@H]([C@@H](c2ccccc2)c2cccc(Cl)c2)n2ncc(=O)c(O)c2C1=O. The second kappa shape index (κ2) is 7.13. The monoisotopic (exact) mass is 395 g/mol. The van der Waals surface area contributed by atoms with Crippen LogP contribution in [0.3, 0.4) is 0 Å². The number of aromatic hydroxyl groups is 1. The normalized spacial score (nSPS) is 17.3. The zero-order chi connectivity index (χ0) is 19.8. The molecule has 0 fully saturated rings. The number of halogens is 1. The third kappa shape index (κ3) is 3.05. The van der Waals surface area contributed by atoms with Gasteiger partial charge in [-0.2, -0.15) is 5.10 Å². The molecule has 0 bridgehead atoms. The van der Waals surface area contributed by atoms with Crippen molar-refractivity contribution in [1.82, 2.24) is 14.7 Å². The maximum Gasteiger partial charge on any atom is 0.275 e. The van der Waals surface area contributed by atoms with E-state index in [4.69, 9.17) is 11.6 Å². The van der Waals surface area contributed by atoms with Gasteiger partial charge in [-0.3, -0.25) is 14.3 Å². The number of aromatic nitrogens is 2. The third-order valence-electron chi connectivity index (χ3n) is 5.06. The Balaban J connectivity index is 1.95. The van der Waals surface area contributed by atoms with Crippen molar-refractivity contribution in [3.8, 4) is 5.75 Å². The summed E-state index contributed by atoms with van der Waals surface area (Å²) in [5, 5.41) is 15.1. The van der Waals surface area contributed by atoms with Gasteiger partial charge in [-0.15, -0.1) is 0 Å². The quantitative estimate of drug-likeness (QED) is 0.739. The molecule has 1 aliphatic rings. The smallest absolute Gasteiger partial charge is 0.275 e. The van der Waals surface area contributed by atoms with Gasteiger partial charge in [0, 0.05) is 24.5 Å². The number of hydrogen-bond acceptors (Lipinski definition) is 4. The second-order valence-electron chi connectivity index (χ2n) is 6.85. The van der Waals surface area contributed by atoms with Gasteiger partial charge in [0.2, 0.25) is 5.43 Å². The highest BCUT2D eigenvalue weighted by Gasteiger charge is 2.38. The number of likely N-dealkylation sites (N-methyl/N-ethyl adjacent to an activating group) is 1. The molecule has 0 spiro atoms. The lowest BCUT2D eigenvalue weighted by Crippen LogP contribution is -2.45. The highest BCUT2D eigenvalue weighted by molar-refractivity contribution is 6.30. The topological polar surface area (TPSA) is 75.4 Å². The molecule has 1 amide bonds. The van der Waals surface area contributed by atoms with Crippen LogP contribution in [0.5, 0.6) is 5.75 Å². The lowest BCUT2D eigenvalue weighted by atomic mass is 9.84. The zero-order valence-corrected chi connectivity index (χ0v) is 15.9. The number of rotatable bonds is 3. The fourth-order valence-corrected chi connectivity index (χ4v) is 3.97. The predicted octanol–water partition coefficient (Wildman–Crippen LogP) is 3.06. The van der Waals surface area contributed by atoms with Crippen LogP contribution in [0.15, 0.2) is 65.6 Å². The van der Waals surface area contributed by atoms with Gasteiger partial charge in [0.25, 0.3) is 5.91 Å². The number of fused-ring (bicyclic) bond motifs is 1. The van der Waals surface area contributed by atoms with Gasteiger partial charge in [-0.05, 0) is 23.3 Å². The van der Waals surface area contributed by atoms with Crippen molar-refractivity contribution < 1.29 is 9.90 Å². The summed E-state index contributed by atoms with van der Waals surface area (Å²) in [6.45, 7) is 0.368. The van der Waals surface area contributed by atoms with E-state index in [2.05, 4.69) is 5.10 Å². The van der Waals surface area contributed by atoms with E-state index in [9.17, 15) is 14.7 Å². The third-order valence-corrected chi connectivity index (χ3v) is 5.30. The Morgan fingerprint density at radius 2 is 1.82 bits per heavy atom. The van der Waals surface area contributed by atoms with E-state index in [1.54, 1.807) is 13.1 Å². The lowest BCUT2D eigenvalue weighted by Gasteiger charge is -2.37. The number of nitrogens with zero attached hydrogens (tertiary/aromatic N) is 3. The van der Waals surface area contributed by atoms with Crippen LogP contribution >= 0.6 is 11.6 Å². The summed E-state index contributed by atoms with van der Waals surface area (Å²) in [7, 11) is 1.65. The molecule has 0 unspecified atom stereocenters. The molecule has 0 aliphatic carbocycles. The fourth-order valence-electron chi connectivity index (χ4n) is 3.77. The summed E-state index contributed by atoms with van der Waals surface area (Å²) in [4.78, 5) is 26.0. The molecule has 1 N–H and O–H groups in total. The number of hydrogen-bond donors (Lipinski definition) is 1. The molecular weight excluding hydrogens is 378 g/mol. The van der Waals surface area contributed by atoms with E-state index in [-0.39, 0.29) is 17.7 Å². The van der Waals surface area contributed by atoms with Crippen LogP contribution < -0.4 is 5.43 Å². The number of benzene rings is 2. The van der Waals surface area contributed by atoms with Gasteiger partial charge in [0.1, 0.15) is 0 Å². The predicted molar refractivity (Wildman–Crippen MR) is 106 cm³/mol. The minimum absolute atomic E-state index is 0.0887. The van der Waals surface area contributed by atoms with Crippen LogP contribution in [0.1, 0.15) is 33.6 Å². The van der Waals surface area contributed by atoms with Crippen molar-refractivity contribution in [2.24, 2.45) is 0 Å². The number of carbonyl (C=O) groups excluding carboxylic acids is 1. The molecule has 3 aromatic rings. The van der Waals surface area contributed by atoms with Gasteiger partial charge in [-0.1, -0.05) is 54.1 Å². The molecule has 6 nitrogen and oxygen atoms in total. The highest BCUT2D eigenvalue weighted by Crippen LogP contribution is 2.39. The molecule has 0 saturated carbocycles. The van der Waals surface area contributed by atoms with E-state index in [1.807, 2.05) is 48.5 Å². The second-order valence-corrected chi connectivity index (χ2v) is 7.28. The first-order chi connectivity index (χ1) is 13.5. The maximum absolute atomic E-state index is 12.6. The first-order valence-electron chi connectivity index (χ1n) is 8.84. The molecule has 0 saturated heterocycles. The van der Waals surface area contributed by atoms with Crippen LogP contribution in [-0.4, -0.2) is 39.3 Å². The number of amides is 1. The van der Waals surface area contributed by atoms with E-state index in [0.29, 0.717) is 11.6 Å². The zero-order valence-electron chi connectivity index (χ0n) is 15.1. The van der Waals surface area contributed by atoms with Crippen LogP contribution in [0.2, 0.25) is 5.02 Å². The van der Waals surface area contributed by atoms with E-state index in [1.165, 1.54) is 9.58 Å². The summed E-state index contributed by atoms with van der Waals surface area (Å²) < 4.78 is 1.47. The lowest BCUT2D eigenvalue weighted by molar-refractivity contribution is 0.0686. The van der Waals surface area contributed by atoms with Gasteiger partial charge < -0.3 is 10.0 Å². The average Bonchev–Trinajstić information content (AvgIpc) is 2.69. The largest absolute Gasteiger partial charge is 0.502 e. The van der Waals surface area contributed by atoms with Crippen molar-refractivity contribution in [3.63, 3.8) is 0 Å². The van der Waals surface area contributed by atoms with Gasteiger partial charge in [0.15, 0.2) is 11.4 Å². The average molecular weight is 396 g/mol. The highest BCUT2D eigenvalue weighted by atomic mass is 35.5. The Kier molecular flexibility index (Phi) is 4.65. The van der Waals surface area contributed by atoms with Gasteiger partial charge in [0.05, 0.1) is 12.2 Å². The molecule has 1 aliphatic heterocycles. The molecule has 2 heterocycles. The summed E-state index contributed by atoms with van der Waals surface area (Å²) in [6, 6.07) is 17.0. The molecular formula is C21H18ClN3O3. The van der Waals surface area contributed by atoms with Crippen molar-refractivity contribution in [1.29, 1.82) is 0 Å². The van der Waals surface area contributed by atoms with Crippen LogP contribution in [0.25, 0.3) is 0 Å². The van der Waals surface area contributed by atoms with E-state index < -0.39 is 17.1 Å². The van der Waals surface area contributed by atoms with E-state index in [0.717, 1.165) is 17.3 Å². The molecule has 2 aromatic carbocycles. The summed E-state index contributed by atoms with van der Waals surface area (Å²) in [5.74, 6) is -1.20. The Labute approximate surface area is 166 Å². The van der Waals surface area contributed by atoms with Crippen molar-refractivity contribution in [2.45, 2.75) is 12.0 Å². The Morgan fingerprint density at radius 3 is 2.54 bits per heavy atom. The Hall–Kier alpha value is -3.12. The first kappa shape index (κ1) is 18.3. The Bertz CT molecular complexity index is 1100. The molecule has 4 rings (SSSR count). The maximum atomic E-state index is 12.6. The minimum atomic E-state index is -0.673. The summed E-state index contributed by atoms with van der Waals surface area (Å²) >= 11 is 6.25. The standard InChI is InChI=1S/C21H18ClN3O3/c1-24-12-16(25-19(21(24)28)20(27)17(26)11-23-25)18(13-6-3-2-4-7-13)14-8-5-9-15(22)10-14/h2-11,16,18,27H,12H2,1H3/t16-,18+/m1/s1. The van der Waals surface area contributed by atoms with E-state index >= 15 is 0 Å². The van der Waals surface area contributed by atoms with Crippen LogP contribution in [0, 0.1) is 0 Å². The number of carbonyl (C=O) groups is 1. The summed E-state index contributed by atoms with van der Waals surface area (Å²) in [5.41, 5.74) is 1.21.